The third-order valence-electron chi connectivity index (χ3n) is 5.66. The Kier molecular flexibility index (Phi) is 10.2. The molecule has 0 aliphatic carbocycles. The number of nitrogens with zero attached hydrogens (tertiary/aromatic N) is 1. The van der Waals surface area contributed by atoms with Gasteiger partial charge < -0.3 is 15.0 Å². The summed E-state index contributed by atoms with van der Waals surface area (Å²) in [5, 5.41) is 3.66. The molecule has 0 saturated heterocycles. The second-order valence-corrected chi connectivity index (χ2v) is 9.37. The highest BCUT2D eigenvalue weighted by atomic mass is 35.5. The molecule has 2 amide bonds. The van der Waals surface area contributed by atoms with Crippen LogP contribution in [0.15, 0.2) is 84.9 Å². The van der Waals surface area contributed by atoms with Gasteiger partial charge in [-0.2, -0.15) is 0 Å². The van der Waals surface area contributed by atoms with Crippen molar-refractivity contribution >= 4 is 23.4 Å². The normalized spacial score (nSPS) is 11.7. The molecule has 0 spiro atoms. The molecule has 0 unspecified atom stereocenters. The molecule has 3 rings (SSSR count). The smallest absolute Gasteiger partial charge is 0.261 e. The van der Waals surface area contributed by atoms with E-state index in [9.17, 15) is 9.59 Å². The van der Waals surface area contributed by atoms with Crippen molar-refractivity contribution in [3.05, 3.63) is 101 Å². The van der Waals surface area contributed by atoms with E-state index in [2.05, 4.69) is 19.2 Å². The molecule has 5 nitrogen and oxygen atoms in total. The summed E-state index contributed by atoms with van der Waals surface area (Å²) in [6.07, 6.45) is 1.27. The van der Waals surface area contributed by atoms with E-state index in [1.54, 1.807) is 29.2 Å². The van der Waals surface area contributed by atoms with Crippen molar-refractivity contribution in [2.24, 2.45) is 5.92 Å². The van der Waals surface area contributed by atoms with Gasteiger partial charge in [0.1, 0.15) is 11.8 Å². The fourth-order valence-corrected chi connectivity index (χ4v) is 3.81. The fourth-order valence-electron chi connectivity index (χ4n) is 3.69. The van der Waals surface area contributed by atoms with Crippen LogP contribution in [0.4, 0.5) is 0 Å². The molecule has 0 fully saturated rings. The summed E-state index contributed by atoms with van der Waals surface area (Å²) in [7, 11) is 0. The van der Waals surface area contributed by atoms with Crippen LogP contribution in [0.25, 0.3) is 0 Å². The summed E-state index contributed by atoms with van der Waals surface area (Å²) >= 11 is 6.07. The van der Waals surface area contributed by atoms with E-state index in [-0.39, 0.29) is 25.0 Å². The zero-order chi connectivity index (χ0) is 25.0. The predicted molar refractivity (Wildman–Crippen MR) is 140 cm³/mol. The van der Waals surface area contributed by atoms with Gasteiger partial charge in [0.25, 0.3) is 5.91 Å². The Labute approximate surface area is 213 Å². The molecule has 0 saturated carbocycles. The molecule has 6 heteroatoms. The number of hydrogen-bond acceptors (Lipinski definition) is 3. The number of carbonyl (C=O) groups excluding carboxylic acids is 2. The van der Waals surface area contributed by atoms with Crippen LogP contribution in [0.2, 0.25) is 5.02 Å². The Morgan fingerprint density at radius 2 is 1.51 bits per heavy atom. The number of rotatable bonds is 12. The van der Waals surface area contributed by atoms with Crippen molar-refractivity contribution in [2.75, 3.05) is 13.2 Å². The summed E-state index contributed by atoms with van der Waals surface area (Å²) in [6, 6.07) is 25.6. The zero-order valence-electron chi connectivity index (χ0n) is 20.3. The molecule has 184 valence electrons. The van der Waals surface area contributed by atoms with E-state index in [4.69, 9.17) is 16.3 Å². The summed E-state index contributed by atoms with van der Waals surface area (Å²) < 4.78 is 5.75. The van der Waals surface area contributed by atoms with Crippen LogP contribution in [0.5, 0.6) is 5.75 Å². The highest BCUT2D eigenvalue weighted by molar-refractivity contribution is 6.30. The summed E-state index contributed by atoms with van der Waals surface area (Å²) in [4.78, 5) is 28.5. The maximum Gasteiger partial charge on any atom is 0.261 e. The zero-order valence-corrected chi connectivity index (χ0v) is 21.1. The molecule has 0 radical (unpaired) electrons. The van der Waals surface area contributed by atoms with E-state index < -0.39 is 6.04 Å². The first kappa shape index (κ1) is 26.3. The van der Waals surface area contributed by atoms with Gasteiger partial charge in [-0.3, -0.25) is 9.59 Å². The number of amides is 2. The highest BCUT2D eigenvalue weighted by Gasteiger charge is 2.30. The van der Waals surface area contributed by atoms with Gasteiger partial charge in [-0.05, 0) is 47.7 Å². The van der Waals surface area contributed by atoms with Gasteiger partial charge in [-0.15, -0.1) is 0 Å². The van der Waals surface area contributed by atoms with Crippen LogP contribution < -0.4 is 10.1 Å². The van der Waals surface area contributed by atoms with Gasteiger partial charge in [0, 0.05) is 24.5 Å². The van der Waals surface area contributed by atoms with Crippen molar-refractivity contribution in [3.8, 4) is 5.75 Å². The molecule has 0 aliphatic heterocycles. The minimum Gasteiger partial charge on any atom is -0.484 e. The lowest BCUT2D eigenvalue weighted by Gasteiger charge is -2.31. The van der Waals surface area contributed by atoms with Crippen LogP contribution in [0, 0.1) is 5.92 Å². The van der Waals surface area contributed by atoms with Gasteiger partial charge in [-0.25, -0.2) is 0 Å². The number of carbonyl (C=O) groups is 2. The molecule has 3 aromatic rings. The number of ether oxygens (including phenoxy) is 1. The first-order valence-electron chi connectivity index (χ1n) is 12.0. The lowest BCUT2D eigenvalue weighted by molar-refractivity contribution is -0.142. The van der Waals surface area contributed by atoms with E-state index in [0.717, 1.165) is 17.5 Å². The van der Waals surface area contributed by atoms with Gasteiger partial charge in [0.05, 0.1) is 0 Å². The summed E-state index contributed by atoms with van der Waals surface area (Å²) in [5.74, 6) is 0.641. The van der Waals surface area contributed by atoms with Crippen LogP contribution in [0.3, 0.4) is 0 Å². The first-order chi connectivity index (χ1) is 16.9. The Bertz CT molecular complexity index is 1060. The molecular weight excluding hydrogens is 460 g/mol. The quantitative estimate of drug-likeness (QED) is 0.362. The van der Waals surface area contributed by atoms with Gasteiger partial charge in [-0.1, -0.05) is 86.1 Å². The number of halogens is 1. The summed E-state index contributed by atoms with van der Waals surface area (Å²) in [6.45, 7) is 4.90. The maximum atomic E-state index is 13.5. The fraction of sp³-hybridized carbons (Fsp3) is 0.310. The Hall–Kier alpha value is -3.31. The molecule has 35 heavy (non-hydrogen) atoms. The third-order valence-corrected chi connectivity index (χ3v) is 5.92. The second kappa shape index (κ2) is 13.5. The second-order valence-electron chi connectivity index (χ2n) is 8.93. The molecule has 0 aromatic heterocycles. The minimum absolute atomic E-state index is 0.165. The Balaban J connectivity index is 1.86. The number of para-hydroxylation sites is 1. The van der Waals surface area contributed by atoms with E-state index >= 15 is 0 Å². The first-order valence-corrected chi connectivity index (χ1v) is 12.3. The van der Waals surface area contributed by atoms with Crippen LogP contribution in [-0.2, 0) is 22.6 Å². The van der Waals surface area contributed by atoms with Gasteiger partial charge >= 0.3 is 0 Å². The minimum atomic E-state index is -0.688. The van der Waals surface area contributed by atoms with Crippen molar-refractivity contribution < 1.29 is 14.3 Å². The number of benzene rings is 3. The van der Waals surface area contributed by atoms with E-state index in [1.807, 2.05) is 60.7 Å². The van der Waals surface area contributed by atoms with Gasteiger partial charge in [0.2, 0.25) is 5.91 Å². The summed E-state index contributed by atoms with van der Waals surface area (Å²) in [5.41, 5.74) is 1.87. The molecule has 0 bridgehead atoms. The van der Waals surface area contributed by atoms with Gasteiger partial charge in [0.15, 0.2) is 6.61 Å². The largest absolute Gasteiger partial charge is 0.484 e. The molecule has 0 heterocycles. The highest BCUT2D eigenvalue weighted by Crippen LogP contribution is 2.18. The average Bonchev–Trinajstić information content (AvgIpc) is 2.86. The molecule has 1 atom stereocenters. The third kappa shape index (κ3) is 8.76. The predicted octanol–water partition coefficient (Wildman–Crippen LogP) is 5.52. The Morgan fingerprint density at radius 3 is 2.14 bits per heavy atom. The van der Waals surface area contributed by atoms with Crippen molar-refractivity contribution in [3.63, 3.8) is 0 Å². The number of nitrogens with one attached hydrogen (secondary N) is 1. The molecule has 0 aliphatic rings. The Morgan fingerprint density at radius 1 is 0.886 bits per heavy atom. The van der Waals surface area contributed by atoms with Crippen molar-refractivity contribution in [1.29, 1.82) is 0 Å². The standard InChI is InChI=1S/C29H33ClN2O3/c1-22(2)17-18-31-29(34)27(19-23-9-5-3-6-10-23)32(20-24-13-15-25(30)16-14-24)28(33)21-35-26-11-7-4-8-12-26/h3-16,22,27H,17-21H2,1-2H3,(H,31,34)/t27-/m0/s1. The number of hydrogen-bond donors (Lipinski definition) is 1. The van der Waals surface area contributed by atoms with Crippen LogP contribution in [0.1, 0.15) is 31.4 Å². The lowest BCUT2D eigenvalue weighted by atomic mass is 10.0. The SMILES string of the molecule is CC(C)CCNC(=O)[C@H](Cc1ccccc1)N(Cc1ccc(Cl)cc1)C(=O)COc1ccccc1. The molecule has 1 N–H and O–H groups in total. The van der Waals surface area contributed by atoms with E-state index in [0.29, 0.717) is 29.7 Å². The molecule has 3 aromatic carbocycles. The average molecular weight is 493 g/mol. The maximum absolute atomic E-state index is 13.5. The topological polar surface area (TPSA) is 58.6 Å². The lowest BCUT2D eigenvalue weighted by Crippen LogP contribution is -2.52. The van der Waals surface area contributed by atoms with Crippen molar-refractivity contribution in [2.45, 2.75) is 39.3 Å². The van der Waals surface area contributed by atoms with Crippen molar-refractivity contribution in [1.82, 2.24) is 10.2 Å². The van der Waals surface area contributed by atoms with Crippen LogP contribution in [-0.4, -0.2) is 35.9 Å². The van der Waals surface area contributed by atoms with E-state index in [1.165, 1.54) is 0 Å². The monoisotopic (exact) mass is 492 g/mol. The molecular formula is C29H33ClN2O3. The van der Waals surface area contributed by atoms with Crippen LogP contribution >= 0.6 is 11.6 Å².